The molecule has 0 aliphatic carbocycles. The van der Waals surface area contributed by atoms with E-state index in [1.807, 2.05) is 18.4 Å². The minimum Gasteiger partial charge on any atom is -0.464 e. The molecule has 0 spiro atoms. The summed E-state index contributed by atoms with van der Waals surface area (Å²) in [6.45, 7) is 4.31. The van der Waals surface area contributed by atoms with Gasteiger partial charge in [0.1, 0.15) is 11.2 Å². The molecule has 0 unspecified atom stereocenters. The number of aryl methyl sites for hydroxylation is 2. The summed E-state index contributed by atoms with van der Waals surface area (Å²) in [4.78, 5) is 0. The predicted molar refractivity (Wildman–Crippen MR) is 85.5 cm³/mol. The van der Waals surface area contributed by atoms with Crippen molar-refractivity contribution in [1.82, 2.24) is 0 Å². The Morgan fingerprint density at radius 3 is 2.71 bits per heavy atom. The summed E-state index contributed by atoms with van der Waals surface area (Å²) in [7, 11) is 0. The van der Waals surface area contributed by atoms with Crippen LogP contribution in [0, 0.1) is 6.92 Å². The zero-order valence-corrected chi connectivity index (χ0v) is 12.1. The third-order valence-electron chi connectivity index (χ3n) is 4.16. The van der Waals surface area contributed by atoms with Gasteiger partial charge in [0.15, 0.2) is 0 Å². The lowest BCUT2D eigenvalue weighted by Gasteiger charge is -2.06. The molecule has 0 saturated carbocycles. The van der Waals surface area contributed by atoms with Crippen molar-refractivity contribution in [2.75, 3.05) is 0 Å². The van der Waals surface area contributed by atoms with Crippen LogP contribution in [-0.4, -0.2) is 0 Å². The molecule has 0 bridgehead atoms. The summed E-state index contributed by atoms with van der Waals surface area (Å²) in [6.07, 6.45) is 4.59. The Hall–Kier alpha value is -2.48. The van der Waals surface area contributed by atoms with E-state index in [-0.39, 0.29) is 0 Å². The second-order valence-electron chi connectivity index (χ2n) is 5.42. The Morgan fingerprint density at radius 2 is 1.86 bits per heavy atom. The van der Waals surface area contributed by atoms with Crippen LogP contribution in [-0.2, 0) is 6.42 Å². The van der Waals surface area contributed by atoms with Gasteiger partial charge in [0.05, 0.1) is 12.5 Å². The third-order valence-corrected chi connectivity index (χ3v) is 4.16. The average molecular weight is 276 g/mol. The fourth-order valence-corrected chi connectivity index (χ4v) is 3.07. The van der Waals surface area contributed by atoms with E-state index < -0.39 is 0 Å². The third kappa shape index (κ3) is 1.79. The number of furan rings is 2. The maximum atomic E-state index is 5.76. The van der Waals surface area contributed by atoms with Crippen LogP contribution in [0.3, 0.4) is 0 Å². The zero-order valence-electron chi connectivity index (χ0n) is 12.1. The molecule has 0 saturated heterocycles. The van der Waals surface area contributed by atoms with Crippen LogP contribution in [0.4, 0.5) is 0 Å². The predicted octanol–water partition coefficient (Wildman–Crippen LogP) is 5.72. The van der Waals surface area contributed by atoms with Gasteiger partial charge in [0, 0.05) is 16.3 Å². The molecule has 0 radical (unpaired) electrons. The molecule has 0 aliphatic heterocycles. The van der Waals surface area contributed by atoms with Gasteiger partial charge in [-0.2, -0.15) is 0 Å². The second-order valence-corrected chi connectivity index (χ2v) is 5.42. The summed E-state index contributed by atoms with van der Waals surface area (Å²) in [5.74, 6) is 0. The van der Waals surface area contributed by atoms with Crippen molar-refractivity contribution in [3.8, 4) is 11.1 Å². The summed E-state index contributed by atoms with van der Waals surface area (Å²) in [5, 5.41) is 2.36. The van der Waals surface area contributed by atoms with Crippen LogP contribution in [0.1, 0.15) is 18.1 Å². The van der Waals surface area contributed by atoms with Gasteiger partial charge in [-0.25, -0.2) is 0 Å². The molecule has 2 heteroatoms. The molecule has 4 aromatic rings. The van der Waals surface area contributed by atoms with E-state index in [1.165, 1.54) is 22.1 Å². The SMILES string of the molecule is CCc1cccc2occ(-c3cc4occc4cc3C)c12. The molecule has 2 aromatic carbocycles. The van der Waals surface area contributed by atoms with Gasteiger partial charge in [-0.1, -0.05) is 19.1 Å². The van der Waals surface area contributed by atoms with Gasteiger partial charge in [-0.15, -0.1) is 0 Å². The topological polar surface area (TPSA) is 26.3 Å². The first-order valence-corrected chi connectivity index (χ1v) is 7.25. The molecule has 2 aromatic heterocycles. The lowest BCUT2D eigenvalue weighted by atomic mass is 9.95. The van der Waals surface area contributed by atoms with Crippen molar-refractivity contribution in [3.63, 3.8) is 0 Å². The molecule has 0 atom stereocenters. The van der Waals surface area contributed by atoms with Gasteiger partial charge in [-0.3, -0.25) is 0 Å². The van der Waals surface area contributed by atoms with Crippen LogP contribution in [0.15, 0.2) is 57.8 Å². The number of hydrogen-bond acceptors (Lipinski definition) is 2. The Labute approximate surface area is 123 Å². The van der Waals surface area contributed by atoms with Crippen molar-refractivity contribution in [1.29, 1.82) is 0 Å². The molecule has 104 valence electrons. The molecule has 0 N–H and O–H groups in total. The maximum Gasteiger partial charge on any atom is 0.134 e. The molecule has 2 nitrogen and oxygen atoms in total. The van der Waals surface area contributed by atoms with Crippen LogP contribution in [0.5, 0.6) is 0 Å². The number of fused-ring (bicyclic) bond motifs is 2. The summed E-state index contributed by atoms with van der Waals surface area (Å²) >= 11 is 0. The lowest BCUT2D eigenvalue weighted by molar-refractivity contribution is 0.615. The highest BCUT2D eigenvalue weighted by Crippen LogP contribution is 2.36. The van der Waals surface area contributed by atoms with E-state index in [0.29, 0.717) is 0 Å². The summed E-state index contributed by atoms with van der Waals surface area (Å²) in [5.41, 5.74) is 6.74. The minimum absolute atomic E-state index is 0.916. The highest BCUT2D eigenvalue weighted by atomic mass is 16.3. The van der Waals surface area contributed by atoms with Gasteiger partial charge in [-0.05, 0) is 54.3 Å². The molecule has 0 aliphatic rings. The smallest absolute Gasteiger partial charge is 0.134 e. The van der Waals surface area contributed by atoms with Crippen molar-refractivity contribution < 1.29 is 8.83 Å². The highest BCUT2D eigenvalue weighted by Gasteiger charge is 2.14. The highest BCUT2D eigenvalue weighted by molar-refractivity contribution is 5.99. The van der Waals surface area contributed by atoms with E-state index in [1.54, 1.807) is 6.26 Å². The monoisotopic (exact) mass is 276 g/mol. The van der Waals surface area contributed by atoms with E-state index in [2.05, 4.69) is 38.1 Å². The molecule has 4 rings (SSSR count). The Morgan fingerprint density at radius 1 is 0.952 bits per heavy atom. The van der Waals surface area contributed by atoms with Gasteiger partial charge in [0.2, 0.25) is 0 Å². The van der Waals surface area contributed by atoms with Crippen molar-refractivity contribution in [2.24, 2.45) is 0 Å². The normalized spacial score (nSPS) is 11.5. The first-order chi connectivity index (χ1) is 10.3. The second kappa shape index (κ2) is 4.52. The fraction of sp³-hybridized carbons (Fsp3) is 0.158. The largest absolute Gasteiger partial charge is 0.464 e. The van der Waals surface area contributed by atoms with Gasteiger partial charge in [0.25, 0.3) is 0 Å². The van der Waals surface area contributed by atoms with Crippen molar-refractivity contribution in [2.45, 2.75) is 20.3 Å². The van der Waals surface area contributed by atoms with Crippen molar-refractivity contribution >= 4 is 21.9 Å². The maximum absolute atomic E-state index is 5.76. The number of benzene rings is 2. The van der Waals surface area contributed by atoms with Crippen LogP contribution < -0.4 is 0 Å². The average Bonchev–Trinajstić information content (AvgIpc) is 3.11. The molecule has 2 heterocycles. The number of hydrogen-bond donors (Lipinski definition) is 0. The fourth-order valence-electron chi connectivity index (χ4n) is 3.07. The summed E-state index contributed by atoms with van der Waals surface area (Å²) < 4.78 is 11.3. The Kier molecular flexibility index (Phi) is 2.64. The lowest BCUT2D eigenvalue weighted by Crippen LogP contribution is -1.86. The minimum atomic E-state index is 0.916. The van der Waals surface area contributed by atoms with Crippen LogP contribution in [0.25, 0.3) is 33.1 Å². The van der Waals surface area contributed by atoms with Crippen LogP contribution >= 0.6 is 0 Å². The number of rotatable bonds is 2. The van der Waals surface area contributed by atoms with E-state index in [9.17, 15) is 0 Å². The Bertz CT molecular complexity index is 941. The first kappa shape index (κ1) is 12.3. The first-order valence-electron chi connectivity index (χ1n) is 7.25. The van der Waals surface area contributed by atoms with E-state index in [4.69, 9.17) is 8.83 Å². The van der Waals surface area contributed by atoms with Crippen molar-refractivity contribution in [3.05, 3.63) is 60.1 Å². The molecular weight excluding hydrogens is 260 g/mol. The van der Waals surface area contributed by atoms with Gasteiger partial charge >= 0.3 is 0 Å². The molecular formula is C19H16O2. The van der Waals surface area contributed by atoms with E-state index >= 15 is 0 Å². The molecule has 0 fully saturated rings. The Balaban J connectivity index is 2.06. The summed E-state index contributed by atoms with van der Waals surface area (Å²) in [6, 6.07) is 12.5. The standard InChI is InChI=1S/C19H16O2/c1-3-13-5-4-6-17-19(13)16(11-21-17)15-10-18-14(7-8-20-18)9-12(15)2/h4-11H,3H2,1-2H3. The van der Waals surface area contributed by atoms with E-state index in [0.717, 1.165) is 28.5 Å². The quantitative estimate of drug-likeness (QED) is 0.468. The molecule has 21 heavy (non-hydrogen) atoms. The van der Waals surface area contributed by atoms with Crippen LogP contribution in [0.2, 0.25) is 0 Å². The molecule has 0 amide bonds. The van der Waals surface area contributed by atoms with Gasteiger partial charge < -0.3 is 8.83 Å². The zero-order chi connectivity index (χ0) is 14.4.